The van der Waals surface area contributed by atoms with Gasteiger partial charge >= 0.3 is 0 Å². The van der Waals surface area contributed by atoms with Crippen molar-refractivity contribution < 1.29 is 0 Å². The maximum atomic E-state index is 6.18. The molecule has 1 saturated carbocycles. The molecule has 0 radical (unpaired) electrons. The van der Waals surface area contributed by atoms with Crippen molar-refractivity contribution in [3.05, 3.63) is 29.8 Å². The SMILES string of the molecule is CC(CN)(CC1CC1)N1CCCCc2ccccc21. The summed E-state index contributed by atoms with van der Waals surface area (Å²) >= 11 is 0. The molecule has 0 saturated heterocycles. The van der Waals surface area contributed by atoms with Gasteiger partial charge in [0.05, 0.1) is 0 Å². The summed E-state index contributed by atoms with van der Waals surface area (Å²) in [6, 6.07) is 8.93. The van der Waals surface area contributed by atoms with Crippen molar-refractivity contribution in [3.63, 3.8) is 0 Å². The first-order valence-corrected chi connectivity index (χ1v) is 7.78. The molecular formula is C17H26N2. The van der Waals surface area contributed by atoms with Crippen molar-refractivity contribution in [2.45, 2.75) is 51.0 Å². The van der Waals surface area contributed by atoms with Crippen LogP contribution in [0.5, 0.6) is 0 Å². The van der Waals surface area contributed by atoms with E-state index in [2.05, 4.69) is 36.1 Å². The van der Waals surface area contributed by atoms with Crippen molar-refractivity contribution in [3.8, 4) is 0 Å². The van der Waals surface area contributed by atoms with Gasteiger partial charge in [0.2, 0.25) is 0 Å². The highest BCUT2D eigenvalue weighted by atomic mass is 15.2. The van der Waals surface area contributed by atoms with Gasteiger partial charge in [-0.25, -0.2) is 0 Å². The van der Waals surface area contributed by atoms with Gasteiger partial charge in [0.15, 0.2) is 0 Å². The van der Waals surface area contributed by atoms with Crippen LogP contribution in [0.15, 0.2) is 24.3 Å². The van der Waals surface area contributed by atoms with Gasteiger partial charge in [0.1, 0.15) is 0 Å². The maximum Gasteiger partial charge on any atom is 0.0498 e. The second-order valence-electron chi connectivity index (χ2n) is 6.59. The zero-order valence-electron chi connectivity index (χ0n) is 12.1. The number of nitrogens with zero attached hydrogens (tertiary/aromatic N) is 1. The Hall–Kier alpha value is -1.02. The lowest BCUT2D eigenvalue weighted by molar-refractivity contribution is 0.377. The molecule has 1 fully saturated rings. The average Bonchev–Trinajstić information content (AvgIpc) is 3.24. The third-order valence-electron chi connectivity index (χ3n) is 4.88. The fourth-order valence-electron chi connectivity index (χ4n) is 3.50. The number of aryl methyl sites for hydroxylation is 1. The van der Waals surface area contributed by atoms with E-state index in [4.69, 9.17) is 5.73 Å². The lowest BCUT2D eigenvalue weighted by Gasteiger charge is -2.43. The molecule has 1 unspecified atom stereocenters. The van der Waals surface area contributed by atoms with Crippen molar-refractivity contribution in [2.75, 3.05) is 18.0 Å². The highest BCUT2D eigenvalue weighted by Crippen LogP contribution is 2.41. The largest absolute Gasteiger partial charge is 0.365 e. The molecule has 1 aliphatic heterocycles. The van der Waals surface area contributed by atoms with Crippen LogP contribution >= 0.6 is 0 Å². The summed E-state index contributed by atoms with van der Waals surface area (Å²) in [5.41, 5.74) is 9.27. The van der Waals surface area contributed by atoms with Gasteiger partial charge < -0.3 is 10.6 Å². The van der Waals surface area contributed by atoms with Crippen LogP contribution in [0.3, 0.4) is 0 Å². The second kappa shape index (κ2) is 5.16. The van der Waals surface area contributed by atoms with Crippen LogP contribution in [0, 0.1) is 5.92 Å². The number of benzene rings is 1. The molecular weight excluding hydrogens is 232 g/mol. The van der Waals surface area contributed by atoms with Crippen molar-refractivity contribution in [1.82, 2.24) is 0 Å². The normalized spacial score (nSPS) is 22.5. The minimum atomic E-state index is 0.140. The van der Waals surface area contributed by atoms with E-state index >= 15 is 0 Å². The molecule has 0 amide bonds. The van der Waals surface area contributed by atoms with E-state index in [0.29, 0.717) is 0 Å². The molecule has 3 rings (SSSR count). The third-order valence-corrected chi connectivity index (χ3v) is 4.88. The first kappa shape index (κ1) is 13.0. The van der Waals surface area contributed by atoms with E-state index in [1.165, 1.54) is 49.8 Å². The van der Waals surface area contributed by atoms with Crippen LogP contribution in [0.2, 0.25) is 0 Å². The van der Waals surface area contributed by atoms with Crippen LogP contribution in [0.4, 0.5) is 5.69 Å². The Morgan fingerprint density at radius 1 is 1.26 bits per heavy atom. The summed E-state index contributed by atoms with van der Waals surface area (Å²) in [5.74, 6) is 0.920. The Morgan fingerprint density at radius 3 is 2.79 bits per heavy atom. The summed E-state index contributed by atoms with van der Waals surface area (Å²) in [6.45, 7) is 4.29. The fourth-order valence-corrected chi connectivity index (χ4v) is 3.50. The predicted octanol–water partition coefficient (Wildman–Crippen LogP) is 3.35. The third kappa shape index (κ3) is 2.64. The molecule has 1 aromatic carbocycles. The smallest absolute Gasteiger partial charge is 0.0498 e. The van der Waals surface area contributed by atoms with Gasteiger partial charge in [-0.1, -0.05) is 31.0 Å². The van der Waals surface area contributed by atoms with Gasteiger partial charge in [-0.05, 0) is 50.2 Å². The Morgan fingerprint density at radius 2 is 2.05 bits per heavy atom. The van der Waals surface area contributed by atoms with Crippen molar-refractivity contribution >= 4 is 5.69 Å². The highest BCUT2D eigenvalue weighted by Gasteiger charge is 2.38. The van der Waals surface area contributed by atoms with Gasteiger partial charge in [-0.15, -0.1) is 0 Å². The van der Waals surface area contributed by atoms with E-state index in [1.807, 2.05) is 0 Å². The lowest BCUT2D eigenvalue weighted by Crippen LogP contribution is -2.52. The van der Waals surface area contributed by atoms with Crippen LogP contribution < -0.4 is 10.6 Å². The monoisotopic (exact) mass is 258 g/mol. The van der Waals surface area contributed by atoms with Crippen molar-refractivity contribution in [1.29, 1.82) is 0 Å². The Labute approximate surface area is 117 Å². The summed E-state index contributed by atoms with van der Waals surface area (Å²) in [4.78, 5) is 2.62. The second-order valence-corrected chi connectivity index (χ2v) is 6.59. The number of nitrogens with two attached hydrogens (primary N) is 1. The quantitative estimate of drug-likeness (QED) is 0.897. The molecule has 2 N–H and O–H groups in total. The number of rotatable bonds is 4. The molecule has 1 aromatic rings. The average molecular weight is 258 g/mol. The van der Waals surface area contributed by atoms with Crippen LogP contribution in [-0.2, 0) is 6.42 Å². The van der Waals surface area contributed by atoms with Crippen LogP contribution in [0.25, 0.3) is 0 Å². The van der Waals surface area contributed by atoms with Gasteiger partial charge in [-0.2, -0.15) is 0 Å². The van der Waals surface area contributed by atoms with Gasteiger partial charge in [0.25, 0.3) is 0 Å². The molecule has 1 heterocycles. The summed E-state index contributed by atoms with van der Waals surface area (Å²) in [7, 11) is 0. The Bertz CT molecular complexity index is 439. The minimum absolute atomic E-state index is 0.140. The van der Waals surface area contributed by atoms with Crippen LogP contribution in [-0.4, -0.2) is 18.6 Å². The number of anilines is 1. The standard InChI is InChI=1S/C17H26N2/c1-17(13-18,12-14-9-10-14)19-11-5-4-7-15-6-2-3-8-16(15)19/h2-3,6,8,14H,4-5,7,9-13,18H2,1H3. The maximum absolute atomic E-state index is 6.18. The Kier molecular flexibility index (Phi) is 3.53. The lowest BCUT2D eigenvalue weighted by atomic mass is 9.91. The molecule has 0 bridgehead atoms. The topological polar surface area (TPSA) is 29.3 Å². The van der Waals surface area contributed by atoms with E-state index in [1.54, 1.807) is 0 Å². The fraction of sp³-hybridized carbons (Fsp3) is 0.647. The molecule has 1 aliphatic carbocycles. The molecule has 2 aliphatic rings. The zero-order chi connectivity index (χ0) is 13.3. The summed E-state index contributed by atoms with van der Waals surface area (Å²) in [6.07, 6.45) is 7.89. The molecule has 1 atom stereocenters. The van der Waals surface area contributed by atoms with E-state index in [0.717, 1.165) is 19.0 Å². The summed E-state index contributed by atoms with van der Waals surface area (Å²) < 4.78 is 0. The molecule has 2 nitrogen and oxygen atoms in total. The predicted molar refractivity (Wildman–Crippen MR) is 81.5 cm³/mol. The molecule has 0 aromatic heterocycles. The van der Waals surface area contributed by atoms with E-state index in [9.17, 15) is 0 Å². The van der Waals surface area contributed by atoms with Crippen molar-refractivity contribution in [2.24, 2.45) is 11.7 Å². The van der Waals surface area contributed by atoms with Gasteiger partial charge in [-0.3, -0.25) is 0 Å². The van der Waals surface area contributed by atoms with Crippen LogP contribution in [0.1, 0.15) is 44.6 Å². The first-order chi connectivity index (χ1) is 9.23. The number of hydrogen-bond donors (Lipinski definition) is 1. The number of hydrogen-bond acceptors (Lipinski definition) is 2. The molecule has 2 heteroatoms. The minimum Gasteiger partial charge on any atom is -0.365 e. The molecule has 104 valence electrons. The zero-order valence-corrected chi connectivity index (χ0v) is 12.1. The van der Waals surface area contributed by atoms with E-state index < -0.39 is 0 Å². The molecule has 19 heavy (non-hydrogen) atoms. The number of para-hydroxylation sites is 1. The first-order valence-electron chi connectivity index (χ1n) is 7.78. The van der Waals surface area contributed by atoms with Gasteiger partial charge in [0, 0.05) is 24.3 Å². The molecule has 0 spiro atoms. The Balaban J connectivity index is 1.93. The van der Waals surface area contributed by atoms with E-state index in [-0.39, 0.29) is 5.54 Å². The summed E-state index contributed by atoms with van der Waals surface area (Å²) in [5, 5.41) is 0. The highest BCUT2D eigenvalue weighted by molar-refractivity contribution is 5.56. The number of fused-ring (bicyclic) bond motifs is 1.